The quantitative estimate of drug-likeness (QED) is 0.562. The first-order valence-electron chi connectivity index (χ1n) is 8.00. The molecule has 0 N–H and O–H groups in total. The summed E-state index contributed by atoms with van der Waals surface area (Å²) in [6, 6.07) is 15.8. The van der Waals surface area contributed by atoms with Gasteiger partial charge >= 0.3 is 0 Å². The van der Waals surface area contributed by atoms with Crippen molar-refractivity contribution in [2.24, 2.45) is 0 Å². The van der Waals surface area contributed by atoms with E-state index in [2.05, 4.69) is 49.0 Å². The maximum Gasteiger partial charge on any atom is 0.300 e. The lowest BCUT2D eigenvalue weighted by molar-refractivity contribution is 0.143. The molecular weight excluding hydrogens is 464 g/mol. The summed E-state index contributed by atoms with van der Waals surface area (Å²) in [5.74, 6) is 0.768. The summed E-state index contributed by atoms with van der Waals surface area (Å²) >= 11 is 7.02. The first-order chi connectivity index (χ1) is 12.6. The van der Waals surface area contributed by atoms with Crippen molar-refractivity contribution >= 4 is 31.9 Å². The van der Waals surface area contributed by atoms with Crippen LogP contribution in [0.3, 0.4) is 0 Å². The molecule has 0 aliphatic carbocycles. The van der Waals surface area contributed by atoms with Crippen molar-refractivity contribution in [3.8, 4) is 22.9 Å². The van der Waals surface area contributed by atoms with Gasteiger partial charge in [-0.15, -0.1) is 0 Å². The molecule has 26 heavy (non-hydrogen) atoms. The number of aromatic nitrogens is 2. The van der Waals surface area contributed by atoms with Crippen molar-refractivity contribution in [2.75, 3.05) is 6.61 Å². The van der Waals surface area contributed by atoms with Crippen molar-refractivity contribution in [1.82, 2.24) is 9.55 Å². The van der Waals surface area contributed by atoms with Crippen LogP contribution in [0.25, 0.3) is 11.1 Å². The number of benzene rings is 2. The smallest absolute Gasteiger partial charge is 0.300 e. The molecular formula is C19H14Br2N2O3. The highest BCUT2D eigenvalue weighted by Gasteiger charge is 2.23. The maximum absolute atomic E-state index is 11.3. The second-order valence-electron chi connectivity index (χ2n) is 5.93. The standard InChI is InChI=1S/C19H14Br2N2O3/c20-14-7-13(8-15(21)9-14)12-1-3-16(4-2-12)25-11-17-10-23-6-5-18(24)22-19(23)26-17/h1-9,17H,10-11H2. The monoisotopic (exact) mass is 476 g/mol. The highest BCUT2D eigenvalue weighted by atomic mass is 79.9. The van der Waals surface area contributed by atoms with E-state index in [1.807, 2.05) is 34.9 Å². The molecule has 1 aliphatic rings. The largest absolute Gasteiger partial charge is 0.490 e. The second-order valence-corrected chi connectivity index (χ2v) is 7.77. The van der Waals surface area contributed by atoms with Crippen LogP contribution < -0.4 is 15.0 Å². The molecule has 5 nitrogen and oxygen atoms in total. The highest BCUT2D eigenvalue weighted by Crippen LogP contribution is 2.29. The molecule has 1 aliphatic heterocycles. The molecule has 1 atom stereocenters. The summed E-state index contributed by atoms with van der Waals surface area (Å²) in [5, 5.41) is 0. The Balaban J connectivity index is 1.40. The van der Waals surface area contributed by atoms with E-state index in [9.17, 15) is 4.79 Å². The number of hydrogen-bond donors (Lipinski definition) is 0. The third kappa shape index (κ3) is 3.83. The van der Waals surface area contributed by atoms with E-state index in [0.717, 1.165) is 25.8 Å². The summed E-state index contributed by atoms with van der Waals surface area (Å²) in [6.45, 7) is 1.01. The van der Waals surface area contributed by atoms with Gasteiger partial charge in [-0.25, -0.2) is 0 Å². The molecule has 0 saturated carbocycles. The molecule has 4 rings (SSSR count). The van der Waals surface area contributed by atoms with Crippen molar-refractivity contribution in [1.29, 1.82) is 0 Å². The van der Waals surface area contributed by atoms with Gasteiger partial charge < -0.3 is 9.47 Å². The summed E-state index contributed by atoms with van der Waals surface area (Å²) in [5.41, 5.74) is 1.92. The minimum Gasteiger partial charge on any atom is -0.490 e. The van der Waals surface area contributed by atoms with Gasteiger partial charge in [-0.3, -0.25) is 9.36 Å². The van der Waals surface area contributed by atoms with Gasteiger partial charge in [-0.2, -0.15) is 4.98 Å². The fourth-order valence-corrected chi connectivity index (χ4v) is 4.09. The third-order valence-corrected chi connectivity index (χ3v) is 4.92. The topological polar surface area (TPSA) is 53.4 Å². The lowest BCUT2D eigenvalue weighted by atomic mass is 10.1. The summed E-state index contributed by atoms with van der Waals surface area (Å²) in [6.07, 6.45) is 1.53. The Morgan fingerprint density at radius 3 is 2.54 bits per heavy atom. The molecule has 2 aromatic carbocycles. The van der Waals surface area contributed by atoms with Gasteiger partial charge in [0.1, 0.15) is 12.4 Å². The average molecular weight is 478 g/mol. The molecule has 132 valence electrons. The zero-order valence-corrected chi connectivity index (χ0v) is 16.7. The average Bonchev–Trinajstić information content (AvgIpc) is 3.01. The van der Waals surface area contributed by atoms with Crippen LogP contribution in [0.15, 0.2) is 68.5 Å². The first-order valence-corrected chi connectivity index (χ1v) is 9.59. The molecule has 0 fully saturated rings. The molecule has 0 amide bonds. The van der Waals surface area contributed by atoms with Gasteiger partial charge in [0.2, 0.25) is 0 Å². The van der Waals surface area contributed by atoms with Crippen LogP contribution in [-0.4, -0.2) is 22.3 Å². The van der Waals surface area contributed by atoms with Gasteiger partial charge in [0, 0.05) is 21.2 Å². The number of rotatable bonds is 4. The molecule has 2 heterocycles. The predicted octanol–water partition coefficient (Wildman–Crippen LogP) is 4.28. The SMILES string of the molecule is O=c1ccn2c(n1)OC(COc1ccc(-c3cc(Br)cc(Br)c3)cc1)C2. The fraction of sp³-hybridized carbons (Fsp3) is 0.158. The zero-order chi connectivity index (χ0) is 18.1. The predicted molar refractivity (Wildman–Crippen MR) is 106 cm³/mol. The Bertz CT molecular complexity index is 982. The number of ether oxygens (including phenoxy) is 2. The Morgan fingerprint density at radius 1 is 1.08 bits per heavy atom. The number of hydrogen-bond acceptors (Lipinski definition) is 4. The lowest BCUT2D eigenvalue weighted by Crippen LogP contribution is -2.23. The van der Waals surface area contributed by atoms with E-state index in [1.54, 1.807) is 6.20 Å². The molecule has 0 saturated heterocycles. The number of halogens is 2. The zero-order valence-electron chi connectivity index (χ0n) is 13.6. The van der Waals surface area contributed by atoms with Gasteiger partial charge in [0.25, 0.3) is 11.6 Å². The van der Waals surface area contributed by atoms with Crippen LogP contribution in [0, 0.1) is 0 Å². The molecule has 1 unspecified atom stereocenters. The maximum atomic E-state index is 11.3. The van der Waals surface area contributed by atoms with E-state index < -0.39 is 0 Å². The lowest BCUT2D eigenvalue weighted by Gasteiger charge is -2.11. The van der Waals surface area contributed by atoms with Crippen LogP contribution in [0.5, 0.6) is 11.8 Å². The van der Waals surface area contributed by atoms with Crippen LogP contribution in [0.2, 0.25) is 0 Å². The molecule has 3 aromatic rings. The second kappa shape index (κ2) is 7.25. The first kappa shape index (κ1) is 17.3. The third-order valence-electron chi connectivity index (χ3n) is 4.01. The normalized spacial score (nSPS) is 15.4. The molecule has 0 bridgehead atoms. The van der Waals surface area contributed by atoms with Crippen LogP contribution >= 0.6 is 31.9 Å². The van der Waals surface area contributed by atoms with E-state index in [4.69, 9.17) is 9.47 Å². The Hall–Kier alpha value is -2.12. The highest BCUT2D eigenvalue weighted by molar-refractivity contribution is 9.11. The van der Waals surface area contributed by atoms with Crippen molar-refractivity contribution in [3.05, 3.63) is 74.0 Å². The van der Waals surface area contributed by atoms with Crippen molar-refractivity contribution in [2.45, 2.75) is 12.6 Å². The van der Waals surface area contributed by atoms with Gasteiger partial charge in [0.05, 0.1) is 6.54 Å². The molecule has 7 heteroatoms. The van der Waals surface area contributed by atoms with E-state index in [0.29, 0.717) is 19.2 Å². The fourth-order valence-electron chi connectivity index (χ4n) is 2.79. The van der Waals surface area contributed by atoms with Gasteiger partial charge in [-0.05, 0) is 41.5 Å². The van der Waals surface area contributed by atoms with E-state index in [1.165, 1.54) is 6.07 Å². The number of nitrogens with zero attached hydrogens (tertiary/aromatic N) is 2. The molecule has 0 radical (unpaired) electrons. The molecule has 1 aromatic heterocycles. The Kier molecular flexibility index (Phi) is 4.82. The summed E-state index contributed by atoms with van der Waals surface area (Å²) in [4.78, 5) is 15.1. The minimum atomic E-state index is -0.299. The van der Waals surface area contributed by atoms with E-state index >= 15 is 0 Å². The van der Waals surface area contributed by atoms with E-state index in [-0.39, 0.29) is 11.7 Å². The molecule has 0 spiro atoms. The minimum absolute atomic E-state index is 0.162. The van der Waals surface area contributed by atoms with Gasteiger partial charge in [0.15, 0.2) is 6.10 Å². The van der Waals surface area contributed by atoms with Crippen LogP contribution in [0.1, 0.15) is 0 Å². The Labute approximate surface area is 166 Å². The summed E-state index contributed by atoms with van der Waals surface area (Å²) in [7, 11) is 0. The van der Waals surface area contributed by atoms with Gasteiger partial charge in [-0.1, -0.05) is 44.0 Å². The summed E-state index contributed by atoms with van der Waals surface area (Å²) < 4.78 is 15.3. The Morgan fingerprint density at radius 2 is 1.81 bits per heavy atom. The van der Waals surface area contributed by atoms with Crippen LogP contribution in [-0.2, 0) is 6.54 Å². The van der Waals surface area contributed by atoms with Crippen molar-refractivity contribution in [3.63, 3.8) is 0 Å². The number of fused-ring (bicyclic) bond motifs is 1. The van der Waals surface area contributed by atoms with Crippen molar-refractivity contribution < 1.29 is 9.47 Å². The van der Waals surface area contributed by atoms with Crippen LogP contribution in [0.4, 0.5) is 0 Å².